The zero-order valence-electron chi connectivity index (χ0n) is 24.5. The number of carbonyl (C=O) groups is 2. The predicted molar refractivity (Wildman–Crippen MR) is 157 cm³/mol. The van der Waals surface area contributed by atoms with Crippen LogP contribution in [0.1, 0.15) is 55.3 Å². The van der Waals surface area contributed by atoms with Crippen molar-refractivity contribution in [2.24, 2.45) is 22.9 Å². The molecule has 17 heteroatoms. The van der Waals surface area contributed by atoms with Crippen LogP contribution in [0.2, 0.25) is 0 Å². The number of methoxy groups -OCH3 is 1. The van der Waals surface area contributed by atoms with E-state index in [4.69, 9.17) is 14.6 Å². The lowest BCUT2D eigenvalue weighted by Crippen LogP contribution is -2.48. The number of hydrogen-bond donors (Lipinski definition) is 3. The topological polar surface area (TPSA) is 171 Å². The smallest absolute Gasteiger partial charge is 0.496 e. The average molecular weight is 692 g/mol. The number of carbonyl (C=O) groups excluding carboxylic acids is 2. The molecule has 0 aromatic heterocycles. The van der Waals surface area contributed by atoms with Crippen LogP contribution in [-0.4, -0.2) is 58.7 Å². The fourth-order valence-corrected chi connectivity index (χ4v) is 8.57. The number of nitrogens with one attached hydrogen (secondary N) is 2. The highest BCUT2D eigenvalue weighted by Gasteiger charge is 2.52. The van der Waals surface area contributed by atoms with Gasteiger partial charge in [-0.25, -0.2) is 26.4 Å². The molecule has 252 valence electrons. The Morgan fingerprint density at radius 3 is 2.24 bits per heavy atom. The molecule has 3 fully saturated rings. The molecule has 3 saturated carbocycles. The number of primary sulfonamides is 1. The van der Waals surface area contributed by atoms with Crippen LogP contribution < -0.4 is 25.2 Å². The van der Waals surface area contributed by atoms with E-state index in [0.717, 1.165) is 30.7 Å². The highest BCUT2D eigenvalue weighted by molar-refractivity contribution is 7.92. The Hall–Kier alpha value is -3.44. The van der Waals surface area contributed by atoms with Crippen LogP contribution in [0.25, 0.3) is 0 Å². The quantitative estimate of drug-likeness (QED) is 0.333. The number of nitrogens with two attached hydrogens (primary N) is 1. The minimum absolute atomic E-state index is 0.0656. The van der Waals surface area contributed by atoms with Crippen LogP contribution in [0, 0.1) is 23.6 Å². The molecule has 4 N–H and O–H groups in total. The van der Waals surface area contributed by atoms with E-state index in [9.17, 15) is 44.0 Å². The highest BCUT2D eigenvalue weighted by Crippen LogP contribution is 2.49. The van der Waals surface area contributed by atoms with E-state index >= 15 is 0 Å². The first-order chi connectivity index (χ1) is 21.5. The number of fused-ring (bicyclic) bond motifs is 2. The van der Waals surface area contributed by atoms with Crippen molar-refractivity contribution in [2.75, 3.05) is 12.4 Å². The van der Waals surface area contributed by atoms with Crippen LogP contribution in [0.3, 0.4) is 0 Å². The summed E-state index contributed by atoms with van der Waals surface area (Å²) in [5.74, 6) is -3.39. The zero-order valence-corrected chi connectivity index (χ0v) is 26.2. The second-order valence-corrected chi connectivity index (χ2v) is 15.7. The first-order valence-electron chi connectivity index (χ1n) is 14.6. The molecule has 0 radical (unpaired) electrons. The number of halogens is 4. The summed E-state index contributed by atoms with van der Waals surface area (Å²) in [6.07, 6.45) is 2.59. The molecule has 2 amide bonds. The van der Waals surface area contributed by atoms with Crippen molar-refractivity contribution in [1.29, 1.82) is 0 Å². The summed E-state index contributed by atoms with van der Waals surface area (Å²) < 4.78 is 112. The van der Waals surface area contributed by atoms with Gasteiger partial charge < -0.3 is 20.1 Å². The number of alkyl halides is 3. The summed E-state index contributed by atoms with van der Waals surface area (Å²) in [5.41, 5.74) is -5.73. The third-order valence-electron chi connectivity index (χ3n) is 9.11. The van der Waals surface area contributed by atoms with Crippen LogP contribution >= 0.6 is 0 Å². The maximum atomic E-state index is 15.0. The molecule has 0 aliphatic heterocycles. The van der Waals surface area contributed by atoms with Crippen LogP contribution in [0.15, 0.2) is 41.3 Å². The Morgan fingerprint density at radius 2 is 1.61 bits per heavy atom. The van der Waals surface area contributed by atoms with Gasteiger partial charge in [0.2, 0.25) is 15.9 Å². The first-order valence-corrected chi connectivity index (χ1v) is 17.7. The van der Waals surface area contributed by atoms with Gasteiger partial charge in [0.05, 0.1) is 34.8 Å². The molecular formula is C29H33F4N3O8S2. The fourth-order valence-electron chi connectivity index (χ4n) is 6.84. The standard InChI is InChI=1S/C29H33F4N3O8S2/c1-43-23-14-22(30)24(44-18-7-9-19(10-8-18)46(34,41)42)13-21(23)27(37)36-26-16-6-5-15(11-16)25(26)28(38)35-17-3-2-4-20(12-17)45(39,40)29(31,32)33/h2-4,12-16,18-19,25-26H,5-11H2,1H3,(H,35,38)(H,36,37)(H2,34,41,42)/t15-,16+,18?,19?,25-,26+/m0/s1. The summed E-state index contributed by atoms with van der Waals surface area (Å²) in [6.45, 7) is 0. The van der Waals surface area contributed by atoms with Crippen LogP contribution in [0.4, 0.5) is 23.2 Å². The molecule has 11 nitrogen and oxygen atoms in total. The Labute approximate surface area is 263 Å². The Balaban J connectivity index is 1.32. The molecule has 46 heavy (non-hydrogen) atoms. The summed E-state index contributed by atoms with van der Waals surface area (Å²) in [4.78, 5) is 26.0. The molecular weight excluding hydrogens is 658 g/mol. The lowest BCUT2D eigenvalue weighted by atomic mass is 9.83. The third-order valence-corrected chi connectivity index (χ3v) is 12.0. The van der Waals surface area contributed by atoms with Crippen molar-refractivity contribution in [2.45, 2.75) is 72.7 Å². The van der Waals surface area contributed by atoms with Gasteiger partial charge in [0, 0.05) is 17.8 Å². The van der Waals surface area contributed by atoms with E-state index in [1.54, 1.807) is 0 Å². The number of sulfone groups is 1. The monoisotopic (exact) mass is 691 g/mol. The largest absolute Gasteiger partial charge is 0.501 e. The molecule has 0 saturated heterocycles. The van der Waals surface area contributed by atoms with Gasteiger partial charge in [-0.2, -0.15) is 13.2 Å². The molecule has 2 aromatic carbocycles. The molecule has 5 rings (SSSR count). The third kappa shape index (κ3) is 6.81. The lowest BCUT2D eigenvalue weighted by molar-refractivity contribution is -0.122. The normalized spacial score (nSPS) is 26.4. The van der Waals surface area contributed by atoms with E-state index in [1.807, 2.05) is 0 Å². The maximum Gasteiger partial charge on any atom is 0.501 e. The number of rotatable bonds is 9. The average Bonchev–Trinajstić information content (AvgIpc) is 3.59. The second-order valence-electron chi connectivity index (χ2n) is 11.9. The van der Waals surface area contributed by atoms with Gasteiger partial charge >= 0.3 is 5.51 Å². The van der Waals surface area contributed by atoms with Crippen molar-refractivity contribution >= 4 is 37.4 Å². The van der Waals surface area contributed by atoms with Crippen LogP contribution in [0.5, 0.6) is 11.5 Å². The number of anilines is 1. The van der Waals surface area contributed by atoms with E-state index in [2.05, 4.69) is 10.6 Å². The number of hydrogen-bond acceptors (Lipinski definition) is 8. The zero-order chi connectivity index (χ0) is 33.6. The molecule has 3 aliphatic rings. The van der Waals surface area contributed by atoms with E-state index in [0.29, 0.717) is 25.7 Å². The van der Waals surface area contributed by atoms with E-state index in [-0.39, 0.29) is 47.4 Å². The van der Waals surface area contributed by atoms with Crippen molar-refractivity contribution in [3.05, 3.63) is 47.8 Å². The van der Waals surface area contributed by atoms with Gasteiger partial charge in [-0.05, 0) is 81.0 Å². The fraction of sp³-hybridized carbons (Fsp3) is 0.517. The number of sulfonamides is 1. The van der Waals surface area contributed by atoms with E-state index in [1.165, 1.54) is 19.2 Å². The molecule has 4 atom stereocenters. The molecule has 0 heterocycles. The molecule has 2 aromatic rings. The number of ether oxygens (including phenoxy) is 2. The summed E-state index contributed by atoms with van der Waals surface area (Å²) in [5, 5.41) is 9.90. The number of amides is 2. The van der Waals surface area contributed by atoms with Crippen molar-refractivity contribution in [3.63, 3.8) is 0 Å². The maximum absolute atomic E-state index is 15.0. The first kappa shape index (κ1) is 33.9. The van der Waals surface area contributed by atoms with Gasteiger partial charge in [0.15, 0.2) is 11.6 Å². The van der Waals surface area contributed by atoms with Gasteiger partial charge in [0.25, 0.3) is 15.7 Å². The molecule has 0 unspecified atom stereocenters. The Kier molecular flexibility index (Phi) is 9.31. The predicted octanol–water partition coefficient (Wildman–Crippen LogP) is 3.89. The van der Waals surface area contributed by atoms with Crippen molar-refractivity contribution in [1.82, 2.24) is 5.32 Å². The second kappa shape index (κ2) is 12.6. The van der Waals surface area contributed by atoms with E-state index < -0.39 is 71.2 Å². The summed E-state index contributed by atoms with van der Waals surface area (Å²) >= 11 is 0. The lowest BCUT2D eigenvalue weighted by Gasteiger charge is -2.31. The molecule has 0 spiro atoms. The van der Waals surface area contributed by atoms with Gasteiger partial charge in [-0.3, -0.25) is 9.59 Å². The summed E-state index contributed by atoms with van der Waals surface area (Å²) in [6, 6.07) is 5.36. The van der Waals surface area contributed by atoms with Crippen molar-refractivity contribution in [3.8, 4) is 11.5 Å². The molecule has 2 bridgehead atoms. The Morgan fingerprint density at radius 1 is 0.935 bits per heavy atom. The van der Waals surface area contributed by atoms with Crippen LogP contribution in [-0.2, 0) is 24.7 Å². The number of benzene rings is 2. The van der Waals surface area contributed by atoms with Gasteiger partial charge in [-0.1, -0.05) is 6.07 Å². The minimum atomic E-state index is -5.64. The SMILES string of the molecule is COc1cc(F)c(OC2CCC(S(N)(=O)=O)CC2)cc1C(=O)N[C@@H]1[C@@H]2CC[C@@H](C2)[C@@H]1C(=O)Nc1cccc(S(=O)(=O)C(F)(F)F)c1. The van der Waals surface area contributed by atoms with Crippen molar-refractivity contribution < 1.29 is 53.5 Å². The minimum Gasteiger partial charge on any atom is -0.496 e. The summed E-state index contributed by atoms with van der Waals surface area (Å²) in [7, 11) is -8.09. The molecule has 3 aliphatic carbocycles. The Bertz CT molecular complexity index is 1730. The van der Waals surface area contributed by atoms with Gasteiger partial charge in [-0.15, -0.1) is 0 Å². The highest BCUT2D eigenvalue weighted by atomic mass is 32.2. The van der Waals surface area contributed by atoms with Gasteiger partial charge in [0.1, 0.15) is 5.75 Å².